The molecule has 748 valence electrons. The number of halogens is 4. The zero-order valence-electron chi connectivity index (χ0n) is 88.0. The summed E-state index contributed by atoms with van der Waals surface area (Å²) in [4.78, 5) is 46.7. The number of allylic oxidation sites excluding steroid dienone is 6. The van der Waals surface area contributed by atoms with Crippen molar-refractivity contribution in [2.24, 2.45) is 0 Å². The molecule has 0 aliphatic carbocycles. The lowest BCUT2D eigenvalue weighted by atomic mass is 9.81. The summed E-state index contributed by atoms with van der Waals surface area (Å²) in [6, 6.07) is 75.0. The van der Waals surface area contributed by atoms with E-state index in [1.165, 1.54) is 35.4 Å². The number of carbonyl (C=O) groups excluding carboxylic acids is 4. The minimum Gasteiger partial charge on any atom is -0.497 e. The number of ether oxygens (including phenoxy) is 8. The van der Waals surface area contributed by atoms with Gasteiger partial charge in [0.15, 0.2) is 0 Å². The molecule has 0 fully saturated rings. The van der Waals surface area contributed by atoms with Crippen LogP contribution in [-0.2, 0) is 67.3 Å². The molecule has 16 heteroatoms. The van der Waals surface area contributed by atoms with Gasteiger partial charge in [-0.05, 0) is 326 Å². The fourth-order valence-corrected chi connectivity index (χ4v) is 17.2. The molecule has 12 aromatic carbocycles. The van der Waals surface area contributed by atoms with Crippen molar-refractivity contribution in [1.29, 1.82) is 0 Å². The zero-order chi connectivity index (χ0) is 104. The van der Waals surface area contributed by atoms with E-state index >= 15 is 0 Å². The van der Waals surface area contributed by atoms with Crippen LogP contribution < -0.4 is 37.9 Å². The van der Waals surface area contributed by atoms with Gasteiger partial charge in [0.05, 0.1) is 28.4 Å². The highest BCUT2D eigenvalue weighted by atomic mass is 19.1. The molecule has 142 heavy (non-hydrogen) atoms. The number of Topliss-reactive ketones (excluding diaryl/α,β-unsaturated/α-hetero) is 4. The third kappa shape index (κ3) is 32.7. The molecule has 0 spiro atoms. The number of benzene rings is 12. The van der Waals surface area contributed by atoms with E-state index in [2.05, 4.69) is 133 Å². The minimum absolute atomic E-state index is 0.00631. The normalized spacial score (nSPS) is 12.2. The van der Waals surface area contributed by atoms with Gasteiger partial charge in [0, 0.05) is 71.6 Å². The van der Waals surface area contributed by atoms with Gasteiger partial charge in [-0.25, -0.2) is 17.6 Å². The van der Waals surface area contributed by atoms with E-state index < -0.39 is 0 Å². The molecule has 4 atom stereocenters. The first kappa shape index (κ1) is 112. The Labute approximate surface area is 841 Å². The van der Waals surface area contributed by atoms with Gasteiger partial charge in [-0.1, -0.05) is 228 Å². The predicted octanol–water partition coefficient (Wildman–Crippen LogP) is 32.8. The predicted molar refractivity (Wildman–Crippen MR) is 572 cm³/mol. The van der Waals surface area contributed by atoms with Crippen molar-refractivity contribution in [3.63, 3.8) is 0 Å². The van der Waals surface area contributed by atoms with E-state index in [1.807, 2.05) is 187 Å². The molecule has 0 bridgehead atoms. The van der Waals surface area contributed by atoms with Crippen LogP contribution in [0.1, 0.15) is 268 Å². The summed E-state index contributed by atoms with van der Waals surface area (Å²) in [5.41, 5.74) is 21.3. The average molecular weight is 1930 g/mol. The largest absolute Gasteiger partial charge is 0.497 e. The average Bonchev–Trinajstić information content (AvgIpc) is 0.793. The highest BCUT2D eigenvalue weighted by molar-refractivity contribution is 5.80. The molecule has 0 N–H and O–H groups in total. The number of methoxy groups -OCH3 is 4. The molecule has 0 saturated heterocycles. The smallest absolute Gasteiger partial charge is 0.131 e. The van der Waals surface area contributed by atoms with Crippen LogP contribution in [0, 0.1) is 23.3 Å². The maximum Gasteiger partial charge on any atom is 0.131 e. The summed E-state index contributed by atoms with van der Waals surface area (Å²) < 4.78 is 105. The number of hydrogen-bond donors (Lipinski definition) is 0. The monoisotopic (exact) mass is 1930 g/mol. The topological polar surface area (TPSA) is 142 Å². The van der Waals surface area contributed by atoms with E-state index in [0.717, 1.165) is 123 Å². The van der Waals surface area contributed by atoms with Crippen LogP contribution >= 0.6 is 0 Å². The van der Waals surface area contributed by atoms with Crippen molar-refractivity contribution < 1.29 is 74.6 Å². The molecule has 0 aromatic heterocycles. The molecule has 12 aromatic rings. The third-order valence-corrected chi connectivity index (χ3v) is 24.5. The summed E-state index contributed by atoms with van der Waals surface area (Å²) in [6.07, 6.45) is 6.11. The first-order valence-corrected chi connectivity index (χ1v) is 48.3. The standard InChI is InChI=1S/2C32H37FO3.2C31H35FO3/c2*1-21(2)16-25(17-22(3)34)24-9-11-26(12-10-24)36-20-23-8-14-30(32(4,5)6)28(18-23)29-19-27(35-7)13-15-31(29)33;2*1-20(2)26(16-21(3)33)23-9-11-24(12-10-23)35-19-22-8-14-29(31(4,5)6)27(17-22)28-18-25(34-7)13-15-30(28)32/h2*8-16,18-19,25H,17,20H2,1-7H3;2*8-15,17-18,26H,1,16,19H2,2-7H3/t2*25-;2*26-/m1010/s1. The molecule has 0 aliphatic rings. The molecule has 0 amide bonds. The Kier molecular flexibility index (Phi) is 40.0. The van der Waals surface area contributed by atoms with Crippen LogP contribution in [0.2, 0.25) is 0 Å². The van der Waals surface area contributed by atoms with E-state index in [4.69, 9.17) is 37.9 Å². The second-order valence-electron chi connectivity index (χ2n) is 41.5. The third-order valence-electron chi connectivity index (χ3n) is 24.5. The SMILES string of the molecule is C=C(C)[C@@H](CC(C)=O)c1ccc(OCc2ccc(C(C)(C)C)c(-c3cc(OC)ccc3F)c2)cc1.C=C(C)[C@H](CC(C)=O)c1ccc(OCc2ccc(C(C)(C)C)c(-c3cc(OC)ccc3F)c2)cc1.COc1ccc(F)c(-c2cc(COc3ccc([C@@H](C=C(C)C)CC(C)=O)cc3)ccc2C(C)(C)C)c1.COc1ccc(F)c(-c2cc(COc3ccc([C@H](C=C(C)C)CC(C)=O)cc3)ccc2C(C)(C)C)c1. The molecule has 12 rings (SSSR count). The molecule has 0 heterocycles. The second kappa shape index (κ2) is 50.7. The van der Waals surface area contributed by atoms with E-state index in [-0.39, 0.29) is 91.7 Å². The van der Waals surface area contributed by atoms with Gasteiger partial charge in [-0.3, -0.25) is 19.2 Å². The Morgan fingerprint density at radius 2 is 0.458 bits per heavy atom. The molecule has 0 radical (unpaired) electrons. The summed E-state index contributed by atoms with van der Waals surface area (Å²) in [6.45, 7) is 53.4. The van der Waals surface area contributed by atoms with Crippen LogP contribution in [0.15, 0.2) is 290 Å². The highest BCUT2D eigenvalue weighted by Crippen LogP contribution is 2.44. The van der Waals surface area contributed by atoms with Crippen LogP contribution in [0.3, 0.4) is 0 Å². The molecular formula is C126H144F4O12. The van der Waals surface area contributed by atoms with Gasteiger partial charge >= 0.3 is 0 Å². The molecular weight excluding hydrogens is 1780 g/mol. The summed E-state index contributed by atoms with van der Waals surface area (Å²) in [5.74, 6) is 4.99. The minimum atomic E-state index is -0.289. The lowest BCUT2D eigenvalue weighted by molar-refractivity contribution is -0.118. The van der Waals surface area contributed by atoms with E-state index in [0.29, 0.717) is 97.4 Å². The Morgan fingerprint density at radius 1 is 0.261 bits per heavy atom. The van der Waals surface area contributed by atoms with Gasteiger partial charge in [0.2, 0.25) is 0 Å². The number of hydrogen-bond acceptors (Lipinski definition) is 12. The maximum absolute atomic E-state index is 14.9. The van der Waals surface area contributed by atoms with E-state index in [9.17, 15) is 36.7 Å². The zero-order valence-corrected chi connectivity index (χ0v) is 88.0. The van der Waals surface area contributed by atoms with Crippen molar-refractivity contribution in [3.8, 4) is 90.5 Å². The van der Waals surface area contributed by atoms with Crippen LogP contribution in [-0.4, -0.2) is 51.6 Å². The molecule has 0 saturated carbocycles. The number of ketones is 4. The Hall–Kier alpha value is -13.6. The number of rotatable bonds is 36. The maximum atomic E-state index is 14.9. The van der Waals surface area contributed by atoms with Crippen LogP contribution in [0.4, 0.5) is 17.6 Å². The summed E-state index contributed by atoms with van der Waals surface area (Å²) in [5, 5.41) is 0. The highest BCUT2D eigenvalue weighted by Gasteiger charge is 2.29. The van der Waals surface area contributed by atoms with E-state index in [1.54, 1.807) is 105 Å². The Balaban J connectivity index is 0.000000211. The van der Waals surface area contributed by atoms with Crippen LogP contribution in [0.25, 0.3) is 44.5 Å². The first-order chi connectivity index (χ1) is 66.9. The molecule has 12 nitrogen and oxygen atoms in total. The quantitative estimate of drug-likeness (QED) is 0.0272. The van der Waals surface area contributed by atoms with Crippen molar-refractivity contribution in [2.45, 2.75) is 250 Å². The van der Waals surface area contributed by atoms with Gasteiger partial charge < -0.3 is 37.9 Å². The van der Waals surface area contributed by atoms with Gasteiger partial charge in [0.25, 0.3) is 0 Å². The van der Waals surface area contributed by atoms with Crippen molar-refractivity contribution >= 4 is 23.1 Å². The lowest BCUT2D eigenvalue weighted by Gasteiger charge is -2.24. The van der Waals surface area contributed by atoms with Gasteiger partial charge in [0.1, 0.15) is 119 Å². The van der Waals surface area contributed by atoms with Crippen molar-refractivity contribution in [1.82, 2.24) is 0 Å². The molecule has 0 unspecified atom stereocenters. The van der Waals surface area contributed by atoms with Gasteiger partial charge in [-0.15, -0.1) is 0 Å². The Bertz CT molecular complexity index is 6030. The van der Waals surface area contributed by atoms with Gasteiger partial charge in [-0.2, -0.15) is 0 Å². The second-order valence-corrected chi connectivity index (χ2v) is 41.5. The molecule has 0 aliphatic heterocycles. The van der Waals surface area contributed by atoms with Crippen molar-refractivity contribution in [3.05, 3.63) is 380 Å². The van der Waals surface area contributed by atoms with Crippen LogP contribution in [0.5, 0.6) is 46.0 Å². The fraction of sp³-hybridized carbons (Fsp3) is 0.333. The summed E-state index contributed by atoms with van der Waals surface area (Å²) >= 11 is 0. The number of carbonyl (C=O) groups is 4. The van der Waals surface area contributed by atoms with Crippen molar-refractivity contribution in [2.75, 3.05) is 28.4 Å². The Morgan fingerprint density at radius 3 is 0.634 bits per heavy atom. The summed E-state index contributed by atoms with van der Waals surface area (Å²) in [7, 11) is 6.32. The fourth-order valence-electron chi connectivity index (χ4n) is 17.2. The lowest BCUT2D eigenvalue weighted by Crippen LogP contribution is -2.13. The first-order valence-electron chi connectivity index (χ1n) is 48.3.